The molecule has 1 aromatic rings. The van der Waals surface area contributed by atoms with Crippen LogP contribution in [-0.2, 0) is 9.53 Å². The van der Waals surface area contributed by atoms with Crippen molar-refractivity contribution in [2.75, 3.05) is 19.8 Å². The lowest BCUT2D eigenvalue weighted by Gasteiger charge is -2.38. The number of ether oxygens (including phenoxy) is 1. The van der Waals surface area contributed by atoms with Gasteiger partial charge in [-0.3, -0.25) is 9.69 Å². The Balaban J connectivity index is 2.19. The van der Waals surface area contributed by atoms with Crippen LogP contribution in [0.25, 0.3) is 0 Å². The predicted octanol–water partition coefficient (Wildman–Crippen LogP) is 1.98. The van der Waals surface area contributed by atoms with E-state index in [4.69, 9.17) is 4.74 Å². The Morgan fingerprint density at radius 3 is 3.18 bits per heavy atom. The molecule has 5 heteroatoms. The number of thiophene rings is 1. The van der Waals surface area contributed by atoms with Crippen molar-refractivity contribution in [3.8, 4) is 0 Å². The van der Waals surface area contributed by atoms with Gasteiger partial charge in [0, 0.05) is 17.5 Å². The van der Waals surface area contributed by atoms with Crippen LogP contribution in [0, 0.1) is 0 Å². The zero-order valence-electron chi connectivity index (χ0n) is 9.83. The second-order valence-corrected chi connectivity index (χ2v) is 5.09. The largest absolute Gasteiger partial charge is 0.480 e. The number of hydrogen-bond donors (Lipinski definition) is 1. The Morgan fingerprint density at radius 1 is 1.76 bits per heavy atom. The molecule has 0 bridgehead atoms. The highest BCUT2D eigenvalue weighted by molar-refractivity contribution is 7.10. The van der Waals surface area contributed by atoms with Gasteiger partial charge in [-0.15, -0.1) is 11.3 Å². The molecule has 0 saturated carbocycles. The molecule has 0 amide bonds. The number of carboxylic acids is 1. The van der Waals surface area contributed by atoms with Gasteiger partial charge >= 0.3 is 5.97 Å². The summed E-state index contributed by atoms with van der Waals surface area (Å²) < 4.78 is 5.27. The molecule has 17 heavy (non-hydrogen) atoms. The lowest BCUT2D eigenvalue weighted by molar-refractivity contribution is -0.151. The second kappa shape index (κ2) is 5.62. The van der Waals surface area contributed by atoms with Crippen molar-refractivity contribution in [3.63, 3.8) is 0 Å². The van der Waals surface area contributed by atoms with Crippen molar-refractivity contribution in [2.45, 2.75) is 25.4 Å². The van der Waals surface area contributed by atoms with Crippen LogP contribution in [0.4, 0.5) is 0 Å². The first-order valence-corrected chi connectivity index (χ1v) is 6.71. The molecule has 0 aromatic carbocycles. The van der Waals surface area contributed by atoms with Gasteiger partial charge in [0.05, 0.1) is 13.2 Å². The van der Waals surface area contributed by atoms with Crippen LogP contribution in [0.15, 0.2) is 17.5 Å². The summed E-state index contributed by atoms with van der Waals surface area (Å²) in [6.45, 7) is 3.69. The van der Waals surface area contributed by atoms with E-state index >= 15 is 0 Å². The maximum Gasteiger partial charge on any atom is 0.323 e. The first kappa shape index (κ1) is 12.5. The van der Waals surface area contributed by atoms with Crippen LogP contribution >= 0.6 is 11.3 Å². The van der Waals surface area contributed by atoms with Crippen molar-refractivity contribution in [3.05, 3.63) is 22.4 Å². The summed E-state index contributed by atoms with van der Waals surface area (Å²) in [5, 5.41) is 11.3. The van der Waals surface area contributed by atoms with Gasteiger partial charge in [-0.05, 0) is 17.9 Å². The maximum absolute atomic E-state index is 11.2. The van der Waals surface area contributed by atoms with Crippen LogP contribution < -0.4 is 0 Å². The zero-order valence-corrected chi connectivity index (χ0v) is 10.7. The predicted molar refractivity (Wildman–Crippen MR) is 66.3 cm³/mol. The Morgan fingerprint density at radius 2 is 2.59 bits per heavy atom. The van der Waals surface area contributed by atoms with Gasteiger partial charge < -0.3 is 9.84 Å². The lowest BCUT2D eigenvalue weighted by atomic mass is 10.1. The van der Waals surface area contributed by atoms with Gasteiger partial charge in [-0.2, -0.15) is 0 Å². The van der Waals surface area contributed by atoms with Crippen LogP contribution in [0.3, 0.4) is 0 Å². The van der Waals surface area contributed by atoms with Gasteiger partial charge in [-0.25, -0.2) is 0 Å². The molecule has 4 nitrogen and oxygen atoms in total. The summed E-state index contributed by atoms with van der Waals surface area (Å²) in [5.74, 6) is -0.792. The number of rotatable bonds is 4. The molecule has 1 aliphatic rings. The highest BCUT2D eigenvalue weighted by Crippen LogP contribution is 2.30. The average Bonchev–Trinajstić information content (AvgIpc) is 2.84. The van der Waals surface area contributed by atoms with E-state index in [1.54, 1.807) is 11.3 Å². The van der Waals surface area contributed by atoms with Gasteiger partial charge in [-0.1, -0.05) is 13.0 Å². The van der Waals surface area contributed by atoms with E-state index in [-0.39, 0.29) is 12.6 Å². The lowest BCUT2D eigenvalue weighted by Crippen LogP contribution is -2.51. The summed E-state index contributed by atoms with van der Waals surface area (Å²) in [6, 6.07) is 3.77. The van der Waals surface area contributed by atoms with E-state index in [0.717, 1.165) is 6.42 Å². The fourth-order valence-corrected chi connectivity index (χ4v) is 3.21. The minimum Gasteiger partial charge on any atom is -0.480 e. The fourth-order valence-electron chi connectivity index (χ4n) is 2.28. The average molecular weight is 255 g/mol. The first-order valence-electron chi connectivity index (χ1n) is 5.83. The molecule has 1 aromatic heterocycles. The number of aliphatic carboxylic acids is 1. The van der Waals surface area contributed by atoms with Crippen LogP contribution in [0.1, 0.15) is 24.3 Å². The van der Waals surface area contributed by atoms with Crippen molar-refractivity contribution >= 4 is 17.3 Å². The maximum atomic E-state index is 11.2. The molecule has 2 unspecified atom stereocenters. The zero-order chi connectivity index (χ0) is 12.3. The number of morpholine rings is 1. The summed E-state index contributed by atoms with van der Waals surface area (Å²) in [4.78, 5) is 14.5. The summed E-state index contributed by atoms with van der Waals surface area (Å²) in [7, 11) is 0. The molecule has 2 heterocycles. The van der Waals surface area contributed by atoms with E-state index in [0.29, 0.717) is 13.2 Å². The van der Waals surface area contributed by atoms with Crippen molar-refractivity contribution < 1.29 is 14.6 Å². The number of carboxylic acid groups (broad SMARTS) is 1. The normalized spacial score (nSPS) is 23.5. The molecule has 1 aliphatic heterocycles. The molecule has 0 aliphatic carbocycles. The van der Waals surface area contributed by atoms with Gasteiger partial charge in [0.2, 0.25) is 0 Å². The summed E-state index contributed by atoms with van der Waals surface area (Å²) >= 11 is 1.69. The molecule has 2 atom stereocenters. The van der Waals surface area contributed by atoms with Crippen LogP contribution in [0.5, 0.6) is 0 Å². The van der Waals surface area contributed by atoms with Crippen molar-refractivity contribution in [2.24, 2.45) is 0 Å². The smallest absolute Gasteiger partial charge is 0.323 e. The third kappa shape index (κ3) is 2.68. The topological polar surface area (TPSA) is 49.8 Å². The Hall–Kier alpha value is -0.910. The summed E-state index contributed by atoms with van der Waals surface area (Å²) in [5.41, 5.74) is 0. The minimum atomic E-state index is -0.792. The van der Waals surface area contributed by atoms with E-state index in [1.807, 2.05) is 11.4 Å². The minimum absolute atomic E-state index is 0.194. The second-order valence-electron chi connectivity index (χ2n) is 4.11. The number of carbonyl (C=O) groups is 1. The molecular weight excluding hydrogens is 238 g/mol. The fraction of sp³-hybridized carbons (Fsp3) is 0.583. The van der Waals surface area contributed by atoms with E-state index in [1.165, 1.54) is 4.88 Å². The number of hydrogen-bond acceptors (Lipinski definition) is 4. The van der Waals surface area contributed by atoms with Gasteiger partial charge in [0.1, 0.15) is 6.04 Å². The highest BCUT2D eigenvalue weighted by Gasteiger charge is 2.34. The first-order chi connectivity index (χ1) is 8.24. The SMILES string of the molecule is CCC(c1cccs1)N1CCOCC1C(=O)O. The summed E-state index contributed by atoms with van der Waals surface area (Å²) in [6.07, 6.45) is 0.921. The molecule has 1 saturated heterocycles. The standard InChI is InChI=1S/C12H17NO3S/c1-2-9(11-4-3-7-17-11)13-5-6-16-8-10(13)12(14)15/h3-4,7,9-10H,2,5-6,8H2,1H3,(H,14,15). The molecule has 1 N–H and O–H groups in total. The quantitative estimate of drug-likeness (QED) is 0.894. The van der Waals surface area contributed by atoms with Gasteiger partial charge in [0.15, 0.2) is 0 Å². The third-order valence-electron chi connectivity index (χ3n) is 3.11. The van der Waals surface area contributed by atoms with E-state index in [9.17, 15) is 9.90 Å². The van der Waals surface area contributed by atoms with E-state index in [2.05, 4.69) is 17.9 Å². The molecular formula is C12H17NO3S. The number of nitrogens with zero attached hydrogens (tertiary/aromatic N) is 1. The Bertz CT molecular complexity index is 366. The van der Waals surface area contributed by atoms with Crippen LogP contribution in [0.2, 0.25) is 0 Å². The highest BCUT2D eigenvalue weighted by atomic mass is 32.1. The van der Waals surface area contributed by atoms with E-state index < -0.39 is 12.0 Å². The molecule has 0 spiro atoms. The third-order valence-corrected chi connectivity index (χ3v) is 4.09. The monoisotopic (exact) mass is 255 g/mol. The van der Waals surface area contributed by atoms with Crippen molar-refractivity contribution in [1.82, 2.24) is 4.90 Å². The molecule has 2 rings (SSSR count). The van der Waals surface area contributed by atoms with Crippen molar-refractivity contribution in [1.29, 1.82) is 0 Å². The molecule has 94 valence electrons. The Kier molecular flexibility index (Phi) is 4.15. The molecule has 1 fully saturated rings. The Labute approximate surface area is 105 Å². The molecule has 0 radical (unpaired) electrons. The van der Waals surface area contributed by atoms with Crippen LogP contribution in [-0.4, -0.2) is 41.8 Å². The van der Waals surface area contributed by atoms with Gasteiger partial charge in [0.25, 0.3) is 0 Å².